The molecule has 0 saturated carbocycles. The number of furan rings is 1. The molecule has 0 radical (unpaired) electrons. The lowest BCUT2D eigenvalue weighted by Crippen LogP contribution is -1.99. The standard InChI is InChI=1S/C61H38N4O/c1-2-15-39(16-3-1)52-25-14-30-59(62-52)65-57-37-42(40-17-12-19-44(35-40)63-53-26-8-4-21-46(53)47-22-5-9-27-54(47)63)31-33-50(57)61-60(65)51-34-32-43(38-58(51)66-61)41-18-13-20-45(36-41)64-55-28-10-6-23-48(55)49-24-7-11-29-56(49)64/h1-38H. The summed E-state index contributed by atoms with van der Waals surface area (Å²) < 4.78 is 14.0. The predicted octanol–water partition coefficient (Wildman–Crippen LogP) is 16.1. The second-order valence-electron chi connectivity index (χ2n) is 17.1. The van der Waals surface area contributed by atoms with Crippen molar-refractivity contribution < 1.29 is 4.42 Å². The van der Waals surface area contributed by atoms with Crippen molar-refractivity contribution in [1.29, 1.82) is 0 Å². The number of fused-ring (bicyclic) bond motifs is 11. The van der Waals surface area contributed by atoms with Crippen molar-refractivity contribution in [3.63, 3.8) is 0 Å². The molecule has 5 nitrogen and oxygen atoms in total. The van der Waals surface area contributed by atoms with Crippen LogP contribution in [0.2, 0.25) is 0 Å². The zero-order valence-corrected chi connectivity index (χ0v) is 35.6. The van der Waals surface area contributed by atoms with E-state index in [0.29, 0.717) is 0 Å². The molecule has 66 heavy (non-hydrogen) atoms. The summed E-state index contributed by atoms with van der Waals surface area (Å²) in [6.45, 7) is 0. The third-order valence-corrected chi connectivity index (χ3v) is 13.4. The first kappa shape index (κ1) is 36.5. The minimum atomic E-state index is 0.831. The van der Waals surface area contributed by atoms with Crippen LogP contribution in [0.15, 0.2) is 235 Å². The van der Waals surface area contributed by atoms with Crippen molar-refractivity contribution in [2.24, 2.45) is 0 Å². The third-order valence-electron chi connectivity index (χ3n) is 13.4. The van der Waals surface area contributed by atoms with Gasteiger partial charge in [-0.15, -0.1) is 0 Å². The average molecular weight is 843 g/mol. The van der Waals surface area contributed by atoms with E-state index in [1.165, 1.54) is 43.6 Å². The van der Waals surface area contributed by atoms with E-state index in [4.69, 9.17) is 9.40 Å². The highest BCUT2D eigenvalue weighted by Crippen LogP contribution is 2.42. The van der Waals surface area contributed by atoms with E-state index < -0.39 is 0 Å². The van der Waals surface area contributed by atoms with Crippen LogP contribution in [0.1, 0.15) is 0 Å². The second kappa shape index (κ2) is 14.3. The Morgan fingerprint density at radius 1 is 0.303 bits per heavy atom. The van der Waals surface area contributed by atoms with Crippen molar-refractivity contribution in [3.8, 4) is 50.7 Å². The lowest BCUT2D eigenvalue weighted by Gasteiger charge is -2.12. The Kier molecular flexibility index (Phi) is 7.91. The van der Waals surface area contributed by atoms with Crippen LogP contribution in [-0.2, 0) is 0 Å². The molecule has 5 aromatic heterocycles. The Balaban J connectivity index is 0.938. The fraction of sp³-hybridized carbons (Fsp3) is 0. The van der Waals surface area contributed by atoms with Gasteiger partial charge in [-0.25, -0.2) is 4.98 Å². The first-order chi connectivity index (χ1) is 32.7. The molecule has 0 aliphatic heterocycles. The van der Waals surface area contributed by atoms with Gasteiger partial charge in [-0.05, 0) is 107 Å². The molecule has 14 aromatic rings. The molecule has 5 heteroatoms. The smallest absolute Gasteiger partial charge is 0.161 e. The Morgan fingerprint density at radius 3 is 1.35 bits per heavy atom. The van der Waals surface area contributed by atoms with Crippen LogP contribution >= 0.6 is 0 Å². The minimum Gasteiger partial charge on any atom is -0.454 e. The number of pyridine rings is 1. The van der Waals surface area contributed by atoms with E-state index in [1.54, 1.807) is 0 Å². The molecule has 0 fully saturated rings. The number of para-hydroxylation sites is 4. The molecule has 0 aliphatic rings. The van der Waals surface area contributed by atoms with Gasteiger partial charge in [0, 0.05) is 49.3 Å². The highest BCUT2D eigenvalue weighted by molar-refractivity contribution is 6.17. The summed E-state index contributed by atoms with van der Waals surface area (Å²) in [7, 11) is 0. The van der Waals surface area contributed by atoms with Gasteiger partial charge in [-0.1, -0.05) is 146 Å². The van der Waals surface area contributed by atoms with Gasteiger partial charge < -0.3 is 13.6 Å². The van der Waals surface area contributed by atoms with Crippen LogP contribution in [0.25, 0.3) is 127 Å². The zero-order valence-electron chi connectivity index (χ0n) is 35.6. The Labute approximate surface area is 379 Å². The molecule has 0 saturated heterocycles. The van der Waals surface area contributed by atoms with Gasteiger partial charge in [0.2, 0.25) is 0 Å². The highest BCUT2D eigenvalue weighted by Gasteiger charge is 2.22. The molecule has 5 heterocycles. The van der Waals surface area contributed by atoms with Gasteiger partial charge in [-0.3, -0.25) is 4.57 Å². The summed E-state index contributed by atoms with van der Waals surface area (Å²) in [6.07, 6.45) is 0. The fourth-order valence-electron chi connectivity index (χ4n) is 10.5. The van der Waals surface area contributed by atoms with E-state index >= 15 is 0 Å². The largest absolute Gasteiger partial charge is 0.454 e. The van der Waals surface area contributed by atoms with Gasteiger partial charge in [0.15, 0.2) is 5.58 Å². The average Bonchev–Trinajstić information content (AvgIpc) is 4.12. The van der Waals surface area contributed by atoms with E-state index in [0.717, 1.165) is 83.7 Å². The number of aromatic nitrogens is 4. The van der Waals surface area contributed by atoms with E-state index in [1.807, 2.05) is 6.07 Å². The molecule has 0 N–H and O–H groups in total. The van der Waals surface area contributed by atoms with E-state index in [2.05, 4.69) is 238 Å². The predicted molar refractivity (Wildman–Crippen MR) is 273 cm³/mol. The monoisotopic (exact) mass is 842 g/mol. The van der Waals surface area contributed by atoms with Crippen molar-refractivity contribution in [3.05, 3.63) is 231 Å². The number of hydrogen-bond acceptors (Lipinski definition) is 2. The first-order valence-electron chi connectivity index (χ1n) is 22.5. The Morgan fingerprint density at radius 2 is 0.773 bits per heavy atom. The first-order valence-corrected chi connectivity index (χ1v) is 22.5. The maximum Gasteiger partial charge on any atom is 0.161 e. The third kappa shape index (κ3) is 5.50. The molecule has 0 amide bonds. The molecule has 0 unspecified atom stereocenters. The van der Waals surface area contributed by atoms with Gasteiger partial charge in [0.25, 0.3) is 0 Å². The summed E-state index contributed by atoms with van der Waals surface area (Å²) in [5.41, 5.74) is 17.1. The van der Waals surface area contributed by atoms with Crippen molar-refractivity contribution >= 4 is 76.6 Å². The van der Waals surface area contributed by atoms with E-state index in [-0.39, 0.29) is 0 Å². The lowest BCUT2D eigenvalue weighted by atomic mass is 10.0. The molecule has 14 rings (SSSR count). The van der Waals surface area contributed by atoms with Crippen LogP contribution in [0.3, 0.4) is 0 Å². The van der Waals surface area contributed by atoms with Crippen LogP contribution < -0.4 is 0 Å². The van der Waals surface area contributed by atoms with Crippen molar-refractivity contribution in [2.45, 2.75) is 0 Å². The summed E-state index contributed by atoms with van der Waals surface area (Å²) in [5, 5.41) is 7.06. The van der Waals surface area contributed by atoms with Crippen LogP contribution in [0, 0.1) is 0 Å². The Bertz CT molecular complexity index is 4130. The molecule has 0 aliphatic carbocycles. The van der Waals surface area contributed by atoms with Crippen molar-refractivity contribution in [1.82, 2.24) is 18.7 Å². The van der Waals surface area contributed by atoms with Crippen LogP contribution in [0.4, 0.5) is 0 Å². The molecular weight excluding hydrogens is 805 g/mol. The Hall–Kier alpha value is -8.93. The normalized spacial score (nSPS) is 11.9. The molecular formula is C61H38N4O. The fourth-order valence-corrected chi connectivity index (χ4v) is 10.5. The van der Waals surface area contributed by atoms with Gasteiger partial charge in [-0.2, -0.15) is 0 Å². The second-order valence-corrected chi connectivity index (χ2v) is 17.1. The molecule has 0 spiro atoms. The minimum absolute atomic E-state index is 0.831. The van der Waals surface area contributed by atoms with Gasteiger partial charge in [0.1, 0.15) is 16.9 Å². The summed E-state index contributed by atoms with van der Waals surface area (Å²) >= 11 is 0. The summed E-state index contributed by atoms with van der Waals surface area (Å²) in [4.78, 5) is 5.34. The SMILES string of the molecule is c1ccc(-c2cccc(-n3c4cc(-c5cccc(-n6c7ccccc7c7ccccc76)c5)ccc4c4oc5cc(-c6cccc(-n7c8ccccc8c8ccccc87)c6)ccc5c43)n2)cc1. The van der Waals surface area contributed by atoms with Crippen molar-refractivity contribution in [2.75, 3.05) is 0 Å². The quantitative estimate of drug-likeness (QED) is 0.167. The van der Waals surface area contributed by atoms with Crippen LogP contribution in [0.5, 0.6) is 0 Å². The van der Waals surface area contributed by atoms with Crippen LogP contribution in [-0.4, -0.2) is 18.7 Å². The number of nitrogens with zero attached hydrogens (tertiary/aromatic N) is 4. The molecule has 9 aromatic carbocycles. The summed E-state index contributed by atoms with van der Waals surface area (Å²) in [5.74, 6) is 0.832. The number of benzene rings is 9. The van der Waals surface area contributed by atoms with Gasteiger partial charge in [0.05, 0.1) is 33.3 Å². The van der Waals surface area contributed by atoms with Gasteiger partial charge >= 0.3 is 0 Å². The lowest BCUT2D eigenvalue weighted by molar-refractivity contribution is 0.673. The maximum atomic E-state index is 7.00. The molecule has 0 atom stereocenters. The maximum absolute atomic E-state index is 7.00. The number of rotatable bonds is 6. The highest BCUT2D eigenvalue weighted by atomic mass is 16.3. The topological polar surface area (TPSA) is 40.8 Å². The summed E-state index contributed by atoms with van der Waals surface area (Å²) in [6, 6.07) is 82.4. The van der Waals surface area contributed by atoms with E-state index in [9.17, 15) is 0 Å². The molecule has 0 bridgehead atoms. The molecule has 308 valence electrons. The number of hydrogen-bond donors (Lipinski definition) is 0. The zero-order chi connectivity index (χ0) is 43.3.